The summed E-state index contributed by atoms with van der Waals surface area (Å²) in [5, 5.41) is 2.83. The Balaban J connectivity index is 1.49. The lowest BCUT2D eigenvalue weighted by Crippen LogP contribution is -2.23. The normalized spacial score (nSPS) is 10.6. The second kappa shape index (κ2) is 9.83. The molecule has 0 unspecified atom stereocenters. The average Bonchev–Trinajstić information content (AvgIpc) is 2.74. The first-order chi connectivity index (χ1) is 13.7. The molecule has 5 heteroatoms. The molecule has 5 nitrogen and oxygen atoms in total. The highest BCUT2D eigenvalue weighted by Crippen LogP contribution is 2.15. The summed E-state index contributed by atoms with van der Waals surface area (Å²) < 4.78 is 5.41. The standard InChI is InChI=1S/C23H20N2O3/c26-22(12-11-19-7-5-14-24-17-19)25-15-13-18-6-4-10-21(16-18)28-23(27)20-8-2-1-3-9-20/h1-12,14,16-17H,13,15H2,(H,25,26). The maximum Gasteiger partial charge on any atom is 0.343 e. The first kappa shape index (κ1) is 19.0. The molecule has 3 rings (SSSR count). The van der Waals surface area contributed by atoms with E-state index in [1.54, 1.807) is 54.9 Å². The molecule has 0 saturated carbocycles. The fourth-order valence-corrected chi connectivity index (χ4v) is 2.54. The van der Waals surface area contributed by atoms with Crippen LogP contribution in [-0.4, -0.2) is 23.4 Å². The molecule has 0 saturated heterocycles. The van der Waals surface area contributed by atoms with Crippen LogP contribution in [0.2, 0.25) is 0 Å². The third-order valence-electron chi connectivity index (χ3n) is 3.94. The first-order valence-electron chi connectivity index (χ1n) is 8.93. The number of hydrogen-bond acceptors (Lipinski definition) is 4. The molecule has 0 fully saturated rings. The molecule has 1 heterocycles. The van der Waals surface area contributed by atoms with Crippen molar-refractivity contribution in [2.45, 2.75) is 6.42 Å². The van der Waals surface area contributed by atoms with Gasteiger partial charge in [0, 0.05) is 25.0 Å². The number of esters is 1. The fourth-order valence-electron chi connectivity index (χ4n) is 2.54. The van der Waals surface area contributed by atoms with Gasteiger partial charge in [-0.1, -0.05) is 36.4 Å². The molecule has 0 atom stereocenters. The number of aromatic nitrogens is 1. The summed E-state index contributed by atoms with van der Waals surface area (Å²) in [5.74, 6) is -0.0868. The van der Waals surface area contributed by atoms with Crippen LogP contribution in [0.15, 0.2) is 85.2 Å². The summed E-state index contributed by atoms with van der Waals surface area (Å²) in [6.07, 6.45) is 7.19. The summed E-state index contributed by atoms with van der Waals surface area (Å²) in [6.45, 7) is 0.478. The predicted molar refractivity (Wildman–Crippen MR) is 108 cm³/mol. The molecule has 140 valence electrons. The van der Waals surface area contributed by atoms with Gasteiger partial charge in [-0.05, 0) is 54.0 Å². The van der Waals surface area contributed by atoms with Crippen molar-refractivity contribution in [3.05, 3.63) is 102 Å². The predicted octanol–water partition coefficient (Wildman–Crippen LogP) is 3.67. The molecule has 0 aliphatic carbocycles. The topological polar surface area (TPSA) is 68.3 Å². The number of pyridine rings is 1. The van der Waals surface area contributed by atoms with Crippen molar-refractivity contribution in [2.75, 3.05) is 6.54 Å². The van der Waals surface area contributed by atoms with E-state index in [2.05, 4.69) is 10.3 Å². The van der Waals surface area contributed by atoms with Crippen molar-refractivity contribution in [2.24, 2.45) is 0 Å². The van der Waals surface area contributed by atoms with Gasteiger partial charge in [-0.15, -0.1) is 0 Å². The quantitative estimate of drug-likeness (QED) is 0.390. The first-order valence-corrected chi connectivity index (χ1v) is 8.93. The number of carbonyl (C=O) groups excluding carboxylic acids is 2. The highest BCUT2D eigenvalue weighted by atomic mass is 16.5. The largest absolute Gasteiger partial charge is 0.423 e. The number of benzene rings is 2. The van der Waals surface area contributed by atoms with Crippen LogP contribution in [0, 0.1) is 0 Å². The Morgan fingerprint density at radius 3 is 2.64 bits per heavy atom. The second-order valence-corrected chi connectivity index (χ2v) is 6.06. The Morgan fingerprint density at radius 2 is 1.86 bits per heavy atom. The van der Waals surface area contributed by atoms with Gasteiger partial charge in [-0.3, -0.25) is 9.78 Å². The third-order valence-corrected chi connectivity index (χ3v) is 3.94. The maximum atomic E-state index is 12.1. The Hall–Kier alpha value is -3.73. The average molecular weight is 372 g/mol. The Kier molecular flexibility index (Phi) is 6.68. The molecule has 2 aromatic carbocycles. The van der Waals surface area contributed by atoms with E-state index in [9.17, 15) is 9.59 Å². The zero-order valence-electron chi connectivity index (χ0n) is 15.2. The van der Waals surface area contributed by atoms with E-state index >= 15 is 0 Å². The summed E-state index contributed by atoms with van der Waals surface area (Å²) in [5.41, 5.74) is 2.33. The minimum absolute atomic E-state index is 0.171. The molecule has 1 N–H and O–H groups in total. The van der Waals surface area contributed by atoms with Gasteiger partial charge < -0.3 is 10.1 Å². The van der Waals surface area contributed by atoms with Crippen molar-refractivity contribution in [1.29, 1.82) is 0 Å². The van der Waals surface area contributed by atoms with Crippen molar-refractivity contribution in [3.63, 3.8) is 0 Å². The SMILES string of the molecule is O=C(C=Cc1cccnc1)NCCc1cccc(OC(=O)c2ccccc2)c1. The Morgan fingerprint density at radius 1 is 1.00 bits per heavy atom. The van der Waals surface area contributed by atoms with Crippen LogP contribution in [0.25, 0.3) is 6.08 Å². The van der Waals surface area contributed by atoms with Crippen molar-refractivity contribution in [3.8, 4) is 5.75 Å². The van der Waals surface area contributed by atoms with Gasteiger partial charge in [0.15, 0.2) is 0 Å². The van der Waals surface area contributed by atoms with E-state index in [1.165, 1.54) is 6.08 Å². The minimum Gasteiger partial charge on any atom is -0.423 e. The lowest BCUT2D eigenvalue weighted by atomic mass is 10.1. The summed E-state index contributed by atoms with van der Waals surface area (Å²) >= 11 is 0. The zero-order valence-corrected chi connectivity index (χ0v) is 15.2. The number of nitrogens with zero attached hydrogens (tertiary/aromatic N) is 1. The van der Waals surface area contributed by atoms with E-state index in [1.807, 2.05) is 30.3 Å². The molecule has 0 spiro atoms. The summed E-state index contributed by atoms with van der Waals surface area (Å²) in [4.78, 5) is 28.0. The van der Waals surface area contributed by atoms with Gasteiger partial charge in [-0.2, -0.15) is 0 Å². The van der Waals surface area contributed by atoms with Crippen LogP contribution in [0.4, 0.5) is 0 Å². The number of nitrogens with one attached hydrogen (secondary N) is 1. The van der Waals surface area contributed by atoms with Crippen LogP contribution < -0.4 is 10.1 Å². The smallest absolute Gasteiger partial charge is 0.343 e. The maximum absolute atomic E-state index is 12.1. The van der Waals surface area contributed by atoms with Gasteiger partial charge >= 0.3 is 5.97 Å². The number of hydrogen-bond donors (Lipinski definition) is 1. The fraction of sp³-hybridized carbons (Fsp3) is 0.0870. The molecule has 3 aromatic rings. The summed E-state index contributed by atoms with van der Waals surface area (Å²) in [7, 11) is 0. The molecular formula is C23H20N2O3. The summed E-state index contributed by atoms with van der Waals surface area (Å²) in [6, 6.07) is 19.8. The van der Waals surface area contributed by atoms with Gasteiger partial charge in [0.05, 0.1) is 5.56 Å². The van der Waals surface area contributed by atoms with Crippen LogP contribution in [-0.2, 0) is 11.2 Å². The number of carbonyl (C=O) groups is 2. The molecule has 0 bridgehead atoms. The highest BCUT2D eigenvalue weighted by Gasteiger charge is 2.08. The molecule has 28 heavy (non-hydrogen) atoms. The van der Waals surface area contributed by atoms with Crippen molar-refractivity contribution >= 4 is 18.0 Å². The number of ether oxygens (including phenoxy) is 1. The van der Waals surface area contributed by atoms with Crippen LogP contribution >= 0.6 is 0 Å². The van der Waals surface area contributed by atoms with E-state index in [0.717, 1.165) is 11.1 Å². The molecule has 0 aliphatic rings. The lowest BCUT2D eigenvalue weighted by Gasteiger charge is -2.07. The monoisotopic (exact) mass is 372 g/mol. The number of rotatable bonds is 7. The lowest BCUT2D eigenvalue weighted by molar-refractivity contribution is -0.116. The van der Waals surface area contributed by atoms with E-state index in [0.29, 0.717) is 24.3 Å². The molecule has 0 radical (unpaired) electrons. The third kappa shape index (κ3) is 5.92. The highest BCUT2D eigenvalue weighted by molar-refractivity contribution is 5.91. The van der Waals surface area contributed by atoms with E-state index in [-0.39, 0.29) is 5.91 Å². The van der Waals surface area contributed by atoms with Crippen LogP contribution in [0.3, 0.4) is 0 Å². The van der Waals surface area contributed by atoms with Crippen molar-refractivity contribution in [1.82, 2.24) is 10.3 Å². The minimum atomic E-state index is -0.397. The van der Waals surface area contributed by atoms with Gasteiger partial charge in [0.25, 0.3) is 0 Å². The van der Waals surface area contributed by atoms with Crippen LogP contribution in [0.1, 0.15) is 21.5 Å². The zero-order chi connectivity index (χ0) is 19.6. The van der Waals surface area contributed by atoms with Crippen molar-refractivity contribution < 1.29 is 14.3 Å². The van der Waals surface area contributed by atoms with E-state index < -0.39 is 5.97 Å². The molecule has 0 aliphatic heterocycles. The second-order valence-electron chi connectivity index (χ2n) is 6.06. The Bertz CT molecular complexity index is 954. The molecular weight excluding hydrogens is 352 g/mol. The van der Waals surface area contributed by atoms with Gasteiger partial charge in [-0.25, -0.2) is 4.79 Å². The van der Waals surface area contributed by atoms with E-state index in [4.69, 9.17) is 4.74 Å². The van der Waals surface area contributed by atoms with Gasteiger partial charge in [0.2, 0.25) is 5.91 Å². The Labute approximate surface area is 163 Å². The number of amides is 1. The molecule has 1 amide bonds. The van der Waals surface area contributed by atoms with Crippen LogP contribution in [0.5, 0.6) is 5.75 Å². The van der Waals surface area contributed by atoms with Gasteiger partial charge in [0.1, 0.15) is 5.75 Å². The molecule has 1 aromatic heterocycles.